The van der Waals surface area contributed by atoms with Gasteiger partial charge in [0.25, 0.3) is 5.91 Å². The minimum atomic E-state index is -1.55. The fourth-order valence-corrected chi connectivity index (χ4v) is 2.05. The summed E-state index contributed by atoms with van der Waals surface area (Å²) in [7, 11) is 0. The number of ether oxygens (including phenoxy) is 2. The van der Waals surface area contributed by atoms with E-state index in [9.17, 15) is 9.59 Å². The van der Waals surface area contributed by atoms with Crippen LogP contribution in [0, 0.1) is 5.92 Å². The Hall–Kier alpha value is -1.90. The molecule has 6 N–H and O–H groups in total. The second-order valence-electron chi connectivity index (χ2n) is 4.02. The average Bonchev–Trinajstić information content (AvgIpc) is 2.47. The fourth-order valence-electron chi connectivity index (χ4n) is 2.05. The Morgan fingerprint density at radius 2 is 2.00 bits per heavy atom. The minimum absolute atomic E-state index is 0.212. The summed E-state index contributed by atoms with van der Waals surface area (Å²) in [5.41, 5.74) is 2.48. The highest BCUT2D eigenvalue weighted by Gasteiger charge is 2.49. The average molecular weight is 284 g/mol. The third-order valence-electron chi connectivity index (χ3n) is 2.89. The van der Waals surface area contributed by atoms with Crippen molar-refractivity contribution >= 4 is 11.8 Å². The first-order valence-corrected chi connectivity index (χ1v) is 6.25. The first kappa shape index (κ1) is 16.2. The van der Waals surface area contributed by atoms with Crippen molar-refractivity contribution in [3.63, 3.8) is 0 Å². The van der Waals surface area contributed by atoms with Crippen LogP contribution in [-0.2, 0) is 19.1 Å². The molecule has 20 heavy (non-hydrogen) atoms. The molecule has 0 spiro atoms. The van der Waals surface area contributed by atoms with E-state index in [2.05, 4.69) is 0 Å². The largest absolute Gasteiger partial charge is 0.494 e. The molecule has 8 heteroatoms. The van der Waals surface area contributed by atoms with Crippen LogP contribution in [0.3, 0.4) is 0 Å². The maximum absolute atomic E-state index is 12.1. The van der Waals surface area contributed by atoms with Gasteiger partial charge in [-0.15, -0.1) is 0 Å². The van der Waals surface area contributed by atoms with Crippen LogP contribution in [0.1, 0.15) is 13.8 Å². The normalized spacial score (nSPS) is 24.8. The van der Waals surface area contributed by atoms with E-state index >= 15 is 0 Å². The van der Waals surface area contributed by atoms with E-state index in [0.29, 0.717) is 12.4 Å². The summed E-state index contributed by atoms with van der Waals surface area (Å²) >= 11 is 0. The van der Waals surface area contributed by atoms with Gasteiger partial charge in [-0.05, 0) is 32.1 Å². The summed E-state index contributed by atoms with van der Waals surface area (Å²) in [5, 5.41) is 0. The molecule has 0 aliphatic heterocycles. The van der Waals surface area contributed by atoms with Gasteiger partial charge in [-0.2, -0.15) is 0 Å². The van der Waals surface area contributed by atoms with Crippen molar-refractivity contribution in [3.8, 4) is 0 Å². The number of nitrogens with one attached hydrogen (secondary N) is 2. The van der Waals surface area contributed by atoms with Crippen LogP contribution in [-0.4, -0.2) is 30.6 Å². The predicted octanol–water partition coefficient (Wildman–Crippen LogP) is -1.15. The van der Waals surface area contributed by atoms with E-state index in [1.165, 1.54) is 12.2 Å². The SMILES string of the molecule is CCOC1=CC(C(=O)NN)C(OCC)(C(=O)NN)C=C1. The molecule has 0 aromatic heterocycles. The molecule has 0 saturated heterocycles. The lowest BCUT2D eigenvalue weighted by atomic mass is 9.81. The summed E-state index contributed by atoms with van der Waals surface area (Å²) in [6.45, 7) is 4.16. The van der Waals surface area contributed by atoms with Gasteiger partial charge in [0.1, 0.15) is 11.7 Å². The molecule has 0 aromatic rings. The van der Waals surface area contributed by atoms with E-state index < -0.39 is 23.3 Å². The Balaban J connectivity index is 3.24. The van der Waals surface area contributed by atoms with E-state index in [4.69, 9.17) is 21.2 Å². The molecule has 2 unspecified atom stereocenters. The van der Waals surface area contributed by atoms with Crippen LogP contribution >= 0.6 is 0 Å². The lowest BCUT2D eigenvalue weighted by Gasteiger charge is -2.35. The molecule has 8 nitrogen and oxygen atoms in total. The van der Waals surface area contributed by atoms with Crippen molar-refractivity contribution in [3.05, 3.63) is 24.0 Å². The van der Waals surface area contributed by atoms with Crippen LogP contribution in [0.25, 0.3) is 0 Å². The van der Waals surface area contributed by atoms with Gasteiger partial charge in [0.05, 0.1) is 6.61 Å². The Bertz CT molecular complexity index is 435. The number of carbonyl (C=O) groups excluding carboxylic acids is 2. The summed E-state index contributed by atoms with van der Waals surface area (Å²) in [5.74, 6) is 8.61. The smallest absolute Gasteiger partial charge is 0.271 e. The molecule has 1 aliphatic carbocycles. The third-order valence-corrected chi connectivity index (χ3v) is 2.89. The van der Waals surface area contributed by atoms with Crippen molar-refractivity contribution in [2.24, 2.45) is 17.6 Å². The highest BCUT2D eigenvalue weighted by molar-refractivity contribution is 5.96. The number of amides is 2. The third kappa shape index (κ3) is 2.98. The van der Waals surface area contributed by atoms with Crippen LogP contribution in [0.5, 0.6) is 0 Å². The number of hydrogen-bond acceptors (Lipinski definition) is 6. The lowest BCUT2D eigenvalue weighted by molar-refractivity contribution is -0.152. The fraction of sp³-hybridized carbons (Fsp3) is 0.500. The molecule has 0 heterocycles. The first-order valence-electron chi connectivity index (χ1n) is 6.25. The second kappa shape index (κ2) is 7.04. The number of nitrogens with two attached hydrogens (primary N) is 2. The van der Waals surface area contributed by atoms with Gasteiger partial charge >= 0.3 is 0 Å². The maximum atomic E-state index is 12.1. The van der Waals surface area contributed by atoms with Gasteiger partial charge in [-0.25, -0.2) is 11.7 Å². The Kier molecular flexibility index (Phi) is 5.68. The monoisotopic (exact) mass is 284 g/mol. The Labute approximate surface area is 117 Å². The number of carbonyl (C=O) groups is 2. The highest BCUT2D eigenvalue weighted by Crippen LogP contribution is 2.32. The van der Waals surface area contributed by atoms with Gasteiger partial charge in [-0.3, -0.25) is 20.4 Å². The first-order chi connectivity index (χ1) is 9.55. The Morgan fingerprint density at radius 1 is 1.30 bits per heavy atom. The molecule has 0 bridgehead atoms. The molecule has 1 aliphatic rings. The Morgan fingerprint density at radius 3 is 2.50 bits per heavy atom. The number of hydrazine groups is 2. The minimum Gasteiger partial charge on any atom is -0.494 e. The van der Waals surface area contributed by atoms with Crippen molar-refractivity contribution in [1.82, 2.24) is 10.9 Å². The van der Waals surface area contributed by atoms with E-state index in [1.54, 1.807) is 13.0 Å². The zero-order valence-electron chi connectivity index (χ0n) is 11.5. The van der Waals surface area contributed by atoms with Gasteiger partial charge in [0.2, 0.25) is 5.91 Å². The molecular weight excluding hydrogens is 264 g/mol. The van der Waals surface area contributed by atoms with Gasteiger partial charge in [0.15, 0.2) is 5.60 Å². The van der Waals surface area contributed by atoms with Crippen LogP contribution in [0.4, 0.5) is 0 Å². The van der Waals surface area contributed by atoms with Crippen LogP contribution in [0.2, 0.25) is 0 Å². The number of hydrogen-bond donors (Lipinski definition) is 4. The standard InChI is InChI=1S/C12H20N4O4/c1-3-19-8-5-6-12(20-4-2,11(18)16-14)9(7-8)10(17)15-13/h5-7,9H,3-4,13-14H2,1-2H3,(H,15,17)(H,16,18). The molecular formula is C12H20N4O4. The predicted molar refractivity (Wildman–Crippen MR) is 71.4 cm³/mol. The molecule has 0 radical (unpaired) electrons. The van der Waals surface area contributed by atoms with Gasteiger partial charge in [0, 0.05) is 6.61 Å². The number of rotatable bonds is 6. The van der Waals surface area contributed by atoms with E-state index in [-0.39, 0.29) is 6.61 Å². The molecule has 112 valence electrons. The van der Waals surface area contributed by atoms with Crippen molar-refractivity contribution in [2.75, 3.05) is 13.2 Å². The maximum Gasteiger partial charge on any atom is 0.271 e. The topological polar surface area (TPSA) is 129 Å². The zero-order valence-corrected chi connectivity index (χ0v) is 11.5. The zero-order chi connectivity index (χ0) is 15.2. The van der Waals surface area contributed by atoms with Crippen molar-refractivity contribution in [2.45, 2.75) is 19.4 Å². The molecule has 2 atom stereocenters. The van der Waals surface area contributed by atoms with E-state index in [1.807, 2.05) is 17.8 Å². The van der Waals surface area contributed by atoms with E-state index in [0.717, 1.165) is 0 Å². The highest BCUT2D eigenvalue weighted by atomic mass is 16.5. The molecule has 0 saturated carbocycles. The second-order valence-corrected chi connectivity index (χ2v) is 4.02. The van der Waals surface area contributed by atoms with Crippen molar-refractivity contribution in [1.29, 1.82) is 0 Å². The summed E-state index contributed by atoms with van der Waals surface area (Å²) < 4.78 is 10.8. The van der Waals surface area contributed by atoms with Crippen LogP contribution < -0.4 is 22.5 Å². The quantitative estimate of drug-likeness (QED) is 0.277. The summed E-state index contributed by atoms with van der Waals surface area (Å²) in [4.78, 5) is 24.0. The van der Waals surface area contributed by atoms with Crippen LogP contribution in [0.15, 0.2) is 24.0 Å². The van der Waals surface area contributed by atoms with Gasteiger partial charge < -0.3 is 9.47 Å². The molecule has 0 aromatic carbocycles. The van der Waals surface area contributed by atoms with Crippen molar-refractivity contribution < 1.29 is 19.1 Å². The summed E-state index contributed by atoms with van der Waals surface area (Å²) in [6, 6.07) is 0. The molecule has 1 rings (SSSR count). The number of allylic oxidation sites excluding steroid dienone is 1. The molecule has 2 amide bonds. The summed E-state index contributed by atoms with van der Waals surface area (Å²) in [6.07, 6.45) is 4.49. The molecule has 0 fully saturated rings. The lowest BCUT2D eigenvalue weighted by Crippen LogP contribution is -2.59. The van der Waals surface area contributed by atoms with Gasteiger partial charge in [-0.1, -0.05) is 0 Å².